The number of aliphatic hydroxyl groups is 1. The predicted molar refractivity (Wildman–Crippen MR) is 154 cm³/mol. The van der Waals surface area contributed by atoms with Crippen molar-refractivity contribution in [1.29, 1.82) is 0 Å². The fourth-order valence-corrected chi connectivity index (χ4v) is 6.67. The number of carbonyl (C=O) groups is 1. The molecule has 2 N–H and O–H groups in total. The van der Waals surface area contributed by atoms with Crippen molar-refractivity contribution in [1.82, 2.24) is 24.9 Å². The van der Waals surface area contributed by atoms with Crippen LogP contribution in [0.5, 0.6) is 0 Å². The lowest BCUT2D eigenvalue weighted by atomic mass is 9.78. The van der Waals surface area contributed by atoms with Gasteiger partial charge in [0, 0.05) is 11.8 Å². The van der Waals surface area contributed by atoms with E-state index in [-0.39, 0.29) is 24.3 Å². The summed E-state index contributed by atoms with van der Waals surface area (Å²) in [5, 5.41) is 23.6. The number of hydrogen-bond acceptors (Lipinski definition) is 5. The van der Waals surface area contributed by atoms with Crippen molar-refractivity contribution < 1.29 is 9.90 Å². The Hall–Kier alpha value is -2.80. The summed E-state index contributed by atoms with van der Waals surface area (Å²) in [4.78, 5) is 18.4. The van der Waals surface area contributed by atoms with Crippen molar-refractivity contribution in [2.24, 2.45) is 17.8 Å². The molecule has 0 unspecified atom stereocenters. The second-order valence-electron chi connectivity index (χ2n) is 12.3. The number of fused-ring (bicyclic) bond motifs is 1. The second kappa shape index (κ2) is 13.0. The minimum absolute atomic E-state index is 0.0940. The van der Waals surface area contributed by atoms with Gasteiger partial charge in [-0.15, -0.1) is 10.2 Å². The molecular weight excluding hydrogens is 486 g/mol. The van der Waals surface area contributed by atoms with Gasteiger partial charge >= 0.3 is 0 Å². The van der Waals surface area contributed by atoms with E-state index in [1.807, 2.05) is 40.9 Å². The molecular formula is C32H45N5O2. The fourth-order valence-electron chi connectivity index (χ4n) is 6.67. The molecule has 0 aliphatic heterocycles. The van der Waals surface area contributed by atoms with Crippen molar-refractivity contribution in [2.75, 3.05) is 0 Å². The number of benzene rings is 1. The first-order valence-electron chi connectivity index (χ1n) is 15.2. The van der Waals surface area contributed by atoms with Crippen LogP contribution in [0.2, 0.25) is 0 Å². The van der Waals surface area contributed by atoms with Gasteiger partial charge in [-0.3, -0.25) is 9.20 Å². The molecule has 3 aromatic rings. The van der Waals surface area contributed by atoms with Crippen LogP contribution in [0.25, 0.3) is 16.9 Å². The number of aromatic nitrogens is 4. The van der Waals surface area contributed by atoms with Gasteiger partial charge in [-0.25, -0.2) is 4.98 Å². The Bertz CT molecular complexity index is 1210. The Morgan fingerprint density at radius 2 is 1.69 bits per heavy atom. The van der Waals surface area contributed by atoms with Crippen molar-refractivity contribution in [3.63, 3.8) is 0 Å². The summed E-state index contributed by atoms with van der Waals surface area (Å²) >= 11 is 0. The molecule has 2 aromatic heterocycles. The molecule has 2 aliphatic carbocycles. The molecule has 2 atom stereocenters. The summed E-state index contributed by atoms with van der Waals surface area (Å²) in [7, 11) is 0. The van der Waals surface area contributed by atoms with Gasteiger partial charge in [0.05, 0.1) is 30.0 Å². The molecule has 2 aliphatic rings. The summed E-state index contributed by atoms with van der Waals surface area (Å²) in [6.45, 7) is 4.34. The minimum atomic E-state index is -0.488. The first kappa shape index (κ1) is 27.8. The van der Waals surface area contributed by atoms with E-state index in [2.05, 4.69) is 29.4 Å². The number of amides is 1. The minimum Gasteiger partial charge on any atom is -0.391 e. The van der Waals surface area contributed by atoms with Crippen LogP contribution in [-0.4, -0.2) is 42.7 Å². The smallest absolute Gasteiger partial charge is 0.227 e. The van der Waals surface area contributed by atoms with Crippen LogP contribution in [0.1, 0.15) is 96.0 Å². The SMILES string of the molecule is CC(C)Cc1nc(-c2ccccc2)cn2c(CC(=O)N[C@@H](CC3CCCCC3)[C@H](O)C3CCCCC3)nnc12. The van der Waals surface area contributed by atoms with Crippen LogP contribution in [0, 0.1) is 17.8 Å². The van der Waals surface area contributed by atoms with Gasteiger partial charge in [0.25, 0.3) is 0 Å². The third kappa shape index (κ3) is 7.05. The molecule has 39 heavy (non-hydrogen) atoms. The second-order valence-corrected chi connectivity index (χ2v) is 12.3. The van der Waals surface area contributed by atoms with E-state index < -0.39 is 6.10 Å². The van der Waals surface area contributed by atoms with E-state index in [0.29, 0.717) is 23.3 Å². The van der Waals surface area contributed by atoms with Crippen LogP contribution >= 0.6 is 0 Å². The van der Waals surface area contributed by atoms with Crippen LogP contribution < -0.4 is 5.32 Å². The Labute approximate surface area is 232 Å². The highest BCUT2D eigenvalue weighted by molar-refractivity contribution is 5.78. The average molecular weight is 532 g/mol. The molecule has 5 rings (SSSR count). The highest BCUT2D eigenvalue weighted by atomic mass is 16.3. The Morgan fingerprint density at radius 1 is 1.00 bits per heavy atom. The van der Waals surface area contributed by atoms with Crippen LogP contribution in [0.3, 0.4) is 0 Å². The number of nitrogens with zero attached hydrogens (tertiary/aromatic N) is 4. The van der Waals surface area contributed by atoms with Gasteiger partial charge < -0.3 is 10.4 Å². The van der Waals surface area contributed by atoms with E-state index in [0.717, 1.165) is 42.6 Å². The quantitative estimate of drug-likeness (QED) is 0.338. The predicted octanol–water partition coefficient (Wildman–Crippen LogP) is 5.93. The lowest BCUT2D eigenvalue weighted by molar-refractivity contribution is -0.122. The van der Waals surface area contributed by atoms with Gasteiger partial charge in [0.1, 0.15) is 5.82 Å². The van der Waals surface area contributed by atoms with Gasteiger partial charge in [0.15, 0.2) is 5.65 Å². The maximum absolute atomic E-state index is 13.5. The average Bonchev–Trinajstić information content (AvgIpc) is 3.36. The molecule has 0 saturated heterocycles. The zero-order valence-electron chi connectivity index (χ0n) is 23.7. The zero-order chi connectivity index (χ0) is 27.2. The van der Waals surface area contributed by atoms with E-state index in [1.54, 1.807) is 0 Å². The molecule has 0 spiro atoms. The van der Waals surface area contributed by atoms with Gasteiger partial charge in [-0.1, -0.05) is 95.5 Å². The maximum Gasteiger partial charge on any atom is 0.227 e. The topological polar surface area (TPSA) is 92.4 Å². The molecule has 7 nitrogen and oxygen atoms in total. The lowest BCUT2D eigenvalue weighted by Crippen LogP contribution is -2.48. The number of rotatable bonds is 10. The van der Waals surface area contributed by atoms with E-state index in [4.69, 9.17) is 4.98 Å². The summed E-state index contributed by atoms with van der Waals surface area (Å²) in [5.74, 6) is 1.78. The normalized spacial score (nSPS) is 18.9. The van der Waals surface area contributed by atoms with Crippen LogP contribution in [-0.2, 0) is 17.6 Å². The standard InChI is InChI=1S/C32H45N5O2/c1-22(2)18-27-32-36-35-29(37(32)21-28(33-27)24-14-8-4-9-15-24)20-30(38)34-26(19-23-12-6-3-7-13-23)31(39)25-16-10-5-11-17-25/h4,8-9,14-15,21-23,25-26,31,39H,3,5-7,10-13,16-20H2,1-2H3,(H,34,38)/t26-,31+/m0/s1. The number of carbonyl (C=O) groups excluding carboxylic acids is 1. The first-order chi connectivity index (χ1) is 19.0. The number of nitrogens with one attached hydrogen (secondary N) is 1. The monoisotopic (exact) mass is 531 g/mol. The Balaban J connectivity index is 1.37. The Kier molecular flexibility index (Phi) is 9.28. The molecule has 2 saturated carbocycles. The summed E-state index contributed by atoms with van der Waals surface area (Å²) < 4.78 is 1.94. The number of aliphatic hydroxyl groups excluding tert-OH is 1. The first-order valence-corrected chi connectivity index (χ1v) is 15.2. The van der Waals surface area contributed by atoms with Crippen LogP contribution in [0.4, 0.5) is 0 Å². The van der Waals surface area contributed by atoms with Crippen molar-refractivity contribution >= 4 is 11.6 Å². The zero-order valence-corrected chi connectivity index (χ0v) is 23.7. The van der Waals surface area contributed by atoms with E-state index in [9.17, 15) is 9.90 Å². The summed E-state index contributed by atoms with van der Waals surface area (Å²) in [6.07, 6.45) is 15.2. The summed E-state index contributed by atoms with van der Waals surface area (Å²) in [6, 6.07) is 9.90. The molecule has 0 bridgehead atoms. The lowest BCUT2D eigenvalue weighted by Gasteiger charge is -2.35. The fraction of sp³-hybridized carbons (Fsp3) is 0.625. The molecule has 210 valence electrons. The largest absolute Gasteiger partial charge is 0.391 e. The van der Waals surface area contributed by atoms with Gasteiger partial charge in [0.2, 0.25) is 5.91 Å². The van der Waals surface area contributed by atoms with E-state index >= 15 is 0 Å². The molecule has 1 amide bonds. The highest BCUT2D eigenvalue weighted by Crippen LogP contribution is 2.33. The van der Waals surface area contributed by atoms with Gasteiger partial charge in [-0.05, 0) is 43.4 Å². The third-order valence-corrected chi connectivity index (χ3v) is 8.72. The molecule has 0 radical (unpaired) electrons. The molecule has 2 heterocycles. The van der Waals surface area contributed by atoms with Crippen molar-refractivity contribution in [3.05, 3.63) is 48.0 Å². The van der Waals surface area contributed by atoms with Crippen LogP contribution in [0.15, 0.2) is 36.5 Å². The Morgan fingerprint density at radius 3 is 2.38 bits per heavy atom. The molecule has 1 aromatic carbocycles. The highest BCUT2D eigenvalue weighted by Gasteiger charge is 2.32. The summed E-state index contributed by atoms with van der Waals surface area (Å²) in [5.41, 5.74) is 3.49. The van der Waals surface area contributed by atoms with E-state index in [1.165, 1.54) is 51.4 Å². The molecule has 2 fully saturated rings. The molecule has 7 heteroatoms. The van der Waals surface area contributed by atoms with Crippen molar-refractivity contribution in [2.45, 2.75) is 109 Å². The van der Waals surface area contributed by atoms with Crippen molar-refractivity contribution in [3.8, 4) is 11.3 Å². The maximum atomic E-state index is 13.5. The number of hydrogen-bond donors (Lipinski definition) is 2. The van der Waals surface area contributed by atoms with Gasteiger partial charge in [-0.2, -0.15) is 0 Å². The third-order valence-electron chi connectivity index (χ3n) is 8.72.